The van der Waals surface area contributed by atoms with Gasteiger partial charge in [-0.05, 0) is 18.2 Å². The molecule has 0 unspecified atom stereocenters. The van der Waals surface area contributed by atoms with Crippen LogP contribution in [0.5, 0.6) is 0 Å². The lowest BCUT2D eigenvalue weighted by atomic mass is 10.2. The summed E-state index contributed by atoms with van der Waals surface area (Å²) in [5, 5.41) is 22.7. The van der Waals surface area contributed by atoms with Crippen LogP contribution in [0.25, 0.3) is 22.0 Å². The Bertz CT molecular complexity index is 817. The van der Waals surface area contributed by atoms with E-state index in [4.69, 9.17) is 28.5 Å². The summed E-state index contributed by atoms with van der Waals surface area (Å²) in [5.41, 5.74) is 2.01. The van der Waals surface area contributed by atoms with Crippen LogP contribution in [0.1, 0.15) is 5.69 Å². The maximum Gasteiger partial charge on any atom is 0.192 e. The first-order valence-corrected chi connectivity index (χ1v) is 7.05. The smallest absolute Gasteiger partial charge is 0.192 e. The first-order valence-electron chi connectivity index (χ1n) is 5.41. The molecule has 20 heavy (non-hydrogen) atoms. The highest BCUT2D eigenvalue weighted by molar-refractivity contribution is 7.13. The molecule has 3 rings (SSSR count). The lowest BCUT2D eigenvalue weighted by Gasteiger charge is -2.00. The second-order valence-electron chi connectivity index (χ2n) is 3.79. The van der Waals surface area contributed by atoms with E-state index in [9.17, 15) is 0 Å². The van der Waals surface area contributed by atoms with E-state index in [1.165, 1.54) is 11.3 Å². The molecule has 0 saturated heterocycles. The summed E-state index contributed by atoms with van der Waals surface area (Å²) in [6.45, 7) is 0. The molecule has 0 aliphatic carbocycles. The van der Waals surface area contributed by atoms with Gasteiger partial charge in [-0.2, -0.15) is 15.6 Å². The Kier molecular flexibility index (Phi) is 3.40. The van der Waals surface area contributed by atoms with Crippen molar-refractivity contribution in [1.29, 1.82) is 5.26 Å². The molecule has 0 atom stereocenters. The topological polar surface area (TPSA) is 78.2 Å². The molecule has 5 nitrogen and oxygen atoms in total. The minimum Gasteiger partial charge on any atom is -0.234 e. The Morgan fingerprint density at radius 3 is 2.85 bits per heavy atom. The van der Waals surface area contributed by atoms with Crippen LogP contribution in [0.2, 0.25) is 10.0 Å². The molecule has 0 saturated carbocycles. The molecular formula is C12H5Cl2N5S. The predicted molar refractivity (Wildman–Crippen MR) is 77.7 cm³/mol. The zero-order valence-electron chi connectivity index (χ0n) is 9.76. The van der Waals surface area contributed by atoms with E-state index < -0.39 is 0 Å². The Balaban J connectivity index is 2.05. The van der Waals surface area contributed by atoms with Crippen molar-refractivity contribution < 1.29 is 0 Å². The van der Waals surface area contributed by atoms with E-state index >= 15 is 0 Å². The van der Waals surface area contributed by atoms with Crippen LogP contribution in [0.15, 0.2) is 23.6 Å². The van der Waals surface area contributed by atoms with Gasteiger partial charge in [-0.3, -0.25) is 0 Å². The standard InChI is InChI=1S/C12H5Cl2N5S/c13-6-1-2-7(8(14)3-6)12-16-10(5-20-12)11-9(4-15)17-19-18-11/h1-3,5H,(H,17,18,19). The first-order chi connectivity index (χ1) is 9.69. The van der Waals surface area contributed by atoms with Crippen LogP contribution < -0.4 is 0 Å². The van der Waals surface area contributed by atoms with Crippen LogP contribution in [0.3, 0.4) is 0 Å². The van der Waals surface area contributed by atoms with Crippen molar-refractivity contribution in [3.05, 3.63) is 39.3 Å². The molecule has 2 heterocycles. The second kappa shape index (κ2) is 5.21. The minimum atomic E-state index is 0.212. The molecule has 0 fully saturated rings. The average molecular weight is 322 g/mol. The molecule has 0 spiro atoms. The fourth-order valence-electron chi connectivity index (χ4n) is 1.66. The third kappa shape index (κ3) is 2.27. The number of aromatic nitrogens is 4. The lowest BCUT2D eigenvalue weighted by Crippen LogP contribution is -1.84. The number of nitrogens with one attached hydrogen (secondary N) is 1. The van der Waals surface area contributed by atoms with E-state index in [0.29, 0.717) is 21.4 Å². The summed E-state index contributed by atoms with van der Waals surface area (Å²) in [5.74, 6) is 0. The van der Waals surface area contributed by atoms with Gasteiger partial charge in [-0.25, -0.2) is 4.98 Å². The third-order valence-electron chi connectivity index (χ3n) is 2.56. The molecule has 1 aromatic carbocycles. The van der Waals surface area contributed by atoms with Gasteiger partial charge in [0.15, 0.2) is 5.69 Å². The summed E-state index contributed by atoms with van der Waals surface area (Å²) >= 11 is 13.4. The molecule has 2 aromatic heterocycles. The highest BCUT2D eigenvalue weighted by Gasteiger charge is 2.15. The molecule has 0 bridgehead atoms. The summed E-state index contributed by atoms with van der Waals surface area (Å²) in [6, 6.07) is 7.18. The molecular weight excluding hydrogens is 317 g/mol. The molecule has 98 valence electrons. The van der Waals surface area contributed by atoms with E-state index in [0.717, 1.165) is 10.6 Å². The largest absolute Gasteiger partial charge is 0.234 e. The van der Waals surface area contributed by atoms with Gasteiger partial charge in [0, 0.05) is 16.0 Å². The Hall–Kier alpha value is -1.94. The fraction of sp³-hybridized carbons (Fsp3) is 0. The monoisotopic (exact) mass is 321 g/mol. The van der Waals surface area contributed by atoms with Gasteiger partial charge in [-0.15, -0.1) is 16.4 Å². The second-order valence-corrected chi connectivity index (χ2v) is 5.50. The number of hydrogen-bond acceptors (Lipinski definition) is 5. The number of nitrogens with zero attached hydrogens (tertiary/aromatic N) is 4. The van der Waals surface area contributed by atoms with Crippen molar-refractivity contribution >= 4 is 34.5 Å². The Morgan fingerprint density at radius 1 is 1.25 bits per heavy atom. The van der Waals surface area contributed by atoms with Gasteiger partial charge in [-0.1, -0.05) is 23.2 Å². The highest BCUT2D eigenvalue weighted by atomic mass is 35.5. The van der Waals surface area contributed by atoms with Crippen molar-refractivity contribution in [3.8, 4) is 28.0 Å². The zero-order chi connectivity index (χ0) is 14.1. The predicted octanol–water partition coefficient (Wildman–Crippen LogP) is 3.77. The summed E-state index contributed by atoms with van der Waals surface area (Å²) in [4.78, 5) is 4.44. The van der Waals surface area contributed by atoms with Crippen molar-refractivity contribution in [2.24, 2.45) is 0 Å². The number of halogens is 2. The van der Waals surface area contributed by atoms with E-state index in [2.05, 4.69) is 20.4 Å². The average Bonchev–Trinajstić information content (AvgIpc) is 3.06. The normalized spacial score (nSPS) is 10.4. The third-order valence-corrected chi connectivity index (χ3v) is 3.99. The van der Waals surface area contributed by atoms with Crippen LogP contribution in [0, 0.1) is 11.3 Å². The fourth-order valence-corrected chi connectivity index (χ4v) is 3.05. The number of H-pyrrole nitrogens is 1. The van der Waals surface area contributed by atoms with Gasteiger partial charge in [0.05, 0.1) is 5.02 Å². The van der Waals surface area contributed by atoms with Crippen LogP contribution in [0.4, 0.5) is 0 Å². The van der Waals surface area contributed by atoms with Crippen molar-refractivity contribution in [1.82, 2.24) is 20.4 Å². The van der Waals surface area contributed by atoms with Crippen molar-refractivity contribution in [3.63, 3.8) is 0 Å². The van der Waals surface area contributed by atoms with Gasteiger partial charge < -0.3 is 0 Å². The van der Waals surface area contributed by atoms with E-state index in [1.54, 1.807) is 23.6 Å². The van der Waals surface area contributed by atoms with E-state index in [1.807, 2.05) is 6.07 Å². The van der Waals surface area contributed by atoms with Crippen LogP contribution in [-0.2, 0) is 0 Å². The Morgan fingerprint density at radius 2 is 2.10 bits per heavy atom. The summed E-state index contributed by atoms with van der Waals surface area (Å²) in [7, 11) is 0. The highest BCUT2D eigenvalue weighted by Crippen LogP contribution is 2.34. The molecule has 1 N–H and O–H groups in total. The zero-order valence-corrected chi connectivity index (χ0v) is 12.1. The molecule has 3 aromatic rings. The number of thiazole rings is 1. The van der Waals surface area contributed by atoms with Crippen molar-refractivity contribution in [2.75, 3.05) is 0 Å². The van der Waals surface area contributed by atoms with Crippen LogP contribution >= 0.6 is 34.5 Å². The molecule has 0 amide bonds. The van der Waals surface area contributed by atoms with E-state index in [-0.39, 0.29) is 5.69 Å². The number of hydrogen-bond donors (Lipinski definition) is 1. The van der Waals surface area contributed by atoms with Gasteiger partial charge in [0.25, 0.3) is 0 Å². The number of aromatic amines is 1. The summed E-state index contributed by atoms with van der Waals surface area (Å²) in [6.07, 6.45) is 0. The molecule has 0 radical (unpaired) electrons. The van der Waals surface area contributed by atoms with Crippen LogP contribution in [-0.4, -0.2) is 20.4 Å². The van der Waals surface area contributed by atoms with Crippen molar-refractivity contribution in [2.45, 2.75) is 0 Å². The molecule has 0 aliphatic rings. The number of benzene rings is 1. The van der Waals surface area contributed by atoms with Gasteiger partial charge >= 0.3 is 0 Å². The molecule has 0 aliphatic heterocycles. The van der Waals surface area contributed by atoms with Gasteiger partial charge in [0.2, 0.25) is 0 Å². The first kappa shape index (κ1) is 13.1. The van der Waals surface area contributed by atoms with Gasteiger partial charge in [0.1, 0.15) is 22.5 Å². The maximum atomic E-state index is 8.93. The quantitative estimate of drug-likeness (QED) is 0.779. The maximum absolute atomic E-state index is 8.93. The SMILES string of the molecule is N#Cc1n[nH]nc1-c1csc(-c2ccc(Cl)cc2Cl)n1. The lowest BCUT2D eigenvalue weighted by molar-refractivity contribution is 0.936. The Labute approximate surface area is 127 Å². The number of rotatable bonds is 2. The summed E-state index contributed by atoms with van der Waals surface area (Å²) < 4.78 is 0. The number of nitriles is 1. The minimum absolute atomic E-state index is 0.212. The molecule has 8 heteroatoms.